The SMILES string of the molecule is CC1(C)[C@H]2CC[C@@]1(C)[C@@H](OC(=O)C[N+]1(CC(=O)O[C@H]3C[C@H]4CC[C@@]3(C)C4(C)C)CCOCC1)C2. The summed E-state index contributed by atoms with van der Waals surface area (Å²) >= 11 is 0. The summed E-state index contributed by atoms with van der Waals surface area (Å²) in [6.07, 6.45) is 6.63. The quantitative estimate of drug-likeness (QED) is 0.421. The van der Waals surface area contributed by atoms with Crippen LogP contribution in [0.3, 0.4) is 0 Å². The van der Waals surface area contributed by atoms with Crippen LogP contribution in [0.1, 0.15) is 80.1 Å². The normalized spacial score (nSPS) is 43.1. The third kappa shape index (κ3) is 3.48. The molecular weight excluding hydrogens is 430 g/mol. The van der Waals surface area contributed by atoms with Gasteiger partial charge in [-0.25, -0.2) is 9.59 Å². The van der Waals surface area contributed by atoms with Gasteiger partial charge in [0.25, 0.3) is 0 Å². The van der Waals surface area contributed by atoms with Gasteiger partial charge in [0, 0.05) is 10.8 Å². The van der Waals surface area contributed by atoms with Gasteiger partial charge < -0.3 is 18.7 Å². The minimum atomic E-state index is -0.169. The Kier molecular flexibility index (Phi) is 5.73. The lowest BCUT2D eigenvalue weighted by molar-refractivity contribution is -0.921. The van der Waals surface area contributed by atoms with Crippen LogP contribution in [0.2, 0.25) is 0 Å². The topological polar surface area (TPSA) is 61.8 Å². The molecule has 192 valence electrons. The van der Waals surface area contributed by atoms with E-state index in [0.29, 0.717) is 42.6 Å². The highest BCUT2D eigenvalue weighted by atomic mass is 16.6. The maximum atomic E-state index is 13.2. The predicted octanol–water partition coefficient (Wildman–Crippen LogP) is 4.35. The molecule has 5 aliphatic rings. The first kappa shape index (κ1) is 24.5. The van der Waals surface area contributed by atoms with Gasteiger partial charge in [0.05, 0.1) is 13.2 Å². The second-order valence-corrected chi connectivity index (χ2v) is 13.9. The van der Waals surface area contributed by atoms with E-state index >= 15 is 0 Å². The van der Waals surface area contributed by atoms with Crippen LogP contribution >= 0.6 is 0 Å². The lowest BCUT2D eigenvalue weighted by atomic mass is 9.70. The molecule has 0 aromatic heterocycles. The van der Waals surface area contributed by atoms with E-state index in [4.69, 9.17) is 14.2 Å². The van der Waals surface area contributed by atoms with Crippen molar-refractivity contribution < 1.29 is 28.3 Å². The van der Waals surface area contributed by atoms with Crippen molar-refractivity contribution in [2.24, 2.45) is 33.5 Å². The minimum absolute atomic E-state index is 0.0157. The van der Waals surface area contributed by atoms with E-state index in [0.717, 1.165) is 25.7 Å². The van der Waals surface area contributed by atoms with Gasteiger partial charge >= 0.3 is 11.9 Å². The van der Waals surface area contributed by atoms with Gasteiger partial charge in [-0.1, -0.05) is 41.5 Å². The molecule has 0 aromatic rings. The Morgan fingerprint density at radius 2 is 1.18 bits per heavy atom. The highest BCUT2D eigenvalue weighted by Crippen LogP contribution is 2.67. The van der Waals surface area contributed by atoms with Crippen LogP contribution < -0.4 is 0 Å². The number of hydrogen-bond acceptors (Lipinski definition) is 5. The Bertz CT molecular complexity index is 784. The third-order valence-electron chi connectivity index (χ3n) is 12.3. The fourth-order valence-corrected chi connectivity index (χ4v) is 8.66. The molecule has 0 spiro atoms. The van der Waals surface area contributed by atoms with E-state index in [1.165, 1.54) is 12.8 Å². The zero-order valence-corrected chi connectivity index (χ0v) is 22.3. The van der Waals surface area contributed by atoms with E-state index in [1.54, 1.807) is 0 Å². The fourth-order valence-electron chi connectivity index (χ4n) is 8.66. The van der Waals surface area contributed by atoms with E-state index in [2.05, 4.69) is 41.5 Å². The number of rotatable bonds is 6. The van der Waals surface area contributed by atoms with Crippen molar-refractivity contribution in [1.29, 1.82) is 0 Å². The number of fused-ring (bicyclic) bond motifs is 4. The molecule has 1 heterocycles. The second kappa shape index (κ2) is 7.93. The zero-order chi connectivity index (χ0) is 24.6. The van der Waals surface area contributed by atoms with Crippen LogP contribution in [0.5, 0.6) is 0 Å². The summed E-state index contributed by atoms with van der Waals surface area (Å²) in [5.74, 6) is 0.919. The van der Waals surface area contributed by atoms with Gasteiger partial charge in [0.15, 0.2) is 13.1 Å². The number of carbonyl (C=O) groups is 2. The van der Waals surface area contributed by atoms with Crippen molar-refractivity contribution in [3.05, 3.63) is 0 Å². The molecule has 0 amide bonds. The van der Waals surface area contributed by atoms with Crippen molar-refractivity contribution in [1.82, 2.24) is 0 Å². The molecule has 5 rings (SSSR count). The monoisotopic (exact) mass is 476 g/mol. The lowest BCUT2D eigenvalue weighted by Gasteiger charge is -2.42. The summed E-state index contributed by atoms with van der Waals surface area (Å²) in [7, 11) is 0. The number of carbonyl (C=O) groups excluding carboxylic acids is 2. The summed E-state index contributed by atoms with van der Waals surface area (Å²) in [6, 6.07) is 0. The van der Waals surface area contributed by atoms with Gasteiger partial charge in [-0.3, -0.25) is 0 Å². The molecule has 0 aromatic carbocycles. The van der Waals surface area contributed by atoms with Crippen LogP contribution in [0.4, 0.5) is 0 Å². The first-order valence-electron chi connectivity index (χ1n) is 13.6. The predicted molar refractivity (Wildman–Crippen MR) is 129 cm³/mol. The first-order valence-corrected chi connectivity index (χ1v) is 13.6. The summed E-state index contributed by atoms with van der Waals surface area (Å²) in [5.41, 5.74) is 0.507. The molecule has 0 N–H and O–H groups in total. The van der Waals surface area contributed by atoms with E-state index in [1.807, 2.05) is 0 Å². The average molecular weight is 477 g/mol. The molecule has 4 saturated carbocycles. The van der Waals surface area contributed by atoms with Crippen LogP contribution in [0.25, 0.3) is 0 Å². The smallest absolute Gasteiger partial charge is 0.362 e. The van der Waals surface area contributed by atoms with Gasteiger partial charge in [-0.2, -0.15) is 0 Å². The van der Waals surface area contributed by atoms with Crippen LogP contribution in [0.15, 0.2) is 0 Å². The Hall–Kier alpha value is -1.14. The molecule has 4 aliphatic carbocycles. The van der Waals surface area contributed by atoms with Crippen LogP contribution in [-0.2, 0) is 23.8 Å². The molecule has 4 bridgehead atoms. The average Bonchev–Trinajstić information content (AvgIpc) is 3.26. The van der Waals surface area contributed by atoms with Crippen molar-refractivity contribution in [2.75, 3.05) is 39.4 Å². The summed E-state index contributed by atoms with van der Waals surface area (Å²) < 4.78 is 18.3. The van der Waals surface area contributed by atoms with Crippen molar-refractivity contribution in [2.45, 2.75) is 92.3 Å². The van der Waals surface area contributed by atoms with E-state index < -0.39 is 0 Å². The molecule has 0 unspecified atom stereocenters. The van der Waals surface area contributed by atoms with Crippen molar-refractivity contribution in [3.8, 4) is 0 Å². The summed E-state index contributed by atoms with van der Waals surface area (Å²) in [5, 5.41) is 0. The Balaban J connectivity index is 1.23. The van der Waals surface area contributed by atoms with E-state index in [-0.39, 0.29) is 58.9 Å². The molecule has 1 saturated heterocycles. The van der Waals surface area contributed by atoms with Gasteiger partial charge in [0.2, 0.25) is 0 Å². The molecular formula is C28H46NO5+. The summed E-state index contributed by atoms with van der Waals surface area (Å²) in [6.45, 7) is 16.8. The second-order valence-electron chi connectivity index (χ2n) is 13.9. The molecule has 6 nitrogen and oxygen atoms in total. The van der Waals surface area contributed by atoms with Gasteiger partial charge in [-0.05, 0) is 61.2 Å². The largest absolute Gasteiger partial charge is 0.458 e. The molecule has 5 fully saturated rings. The van der Waals surface area contributed by atoms with Crippen molar-refractivity contribution >= 4 is 11.9 Å². The Morgan fingerprint density at radius 3 is 1.50 bits per heavy atom. The molecule has 6 atom stereocenters. The van der Waals surface area contributed by atoms with Crippen LogP contribution in [0, 0.1) is 33.5 Å². The number of esters is 2. The first-order chi connectivity index (χ1) is 15.8. The maximum absolute atomic E-state index is 13.2. The Morgan fingerprint density at radius 1 is 0.765 bits per heavy atom. The minimum Gasteiger partial charge on any atom is -0.458 e. The van der Waals surface area contributed by atoms with Crippen molar-refractivity contribution in [3.63, 3.8) is 0 Å². The molecule has 6 heteroatoms. The van der Waals surface area contributed by atoms with Gasteiger partial charge in [0.1, 0.15) is 25.3 Å². The molecule has 34 heavy (non-hydrogen) atoms. The number of nitrogens with zero attached hydrogens (tertiary/aromatic N) is 1. The summed E-state index contributed by atoms with van der Waals surface area (Å²) in [4.78, 5) is 26.5. The molecule has 0 radical (unpaired) electrons. The van der Waals surface area contributed by atoms with Gasteiger partial charge in [-0.15, -0.1) is 0 Å². The molecule has 1 aliphatic heterocycles. The third-order valence-corrected chi connectivity index (χ3v) is 12.3. The van der Waals surface area contributed by atoms with Crippen LogP contribution in [-0.4, -0.2) is 68.0 Å². The number of ether oxygens (including phenoxy) is 3. The number of morpholine rings is 1. The highest BCUT2D eigenvalue weighted by Gasteiger charge is 2.64. The maximum Gasteiger partial charge on any atom is 0.362 e. The standard InChI is InChI=1S/C28H46NO5/c1-25(2)19-7-9-27(25,5)21(15-19)33-23(30)17-29(11-13-32-14-12-29)18-24(31)34-22-16-20-8-10-28(22,6)26(20,3)4/h19-22H,7-18H2,1-6H3/q+1/t19-,20+,21-,22-,27-,28+/m0/s1. The number of quaternary nitrogens is 1. The highest BCUT2D eigenvalue weighted by molar-refractivity contribution is 5.73. The fraction of sp³-hybridized carbons (Fsp3) is 0.929. The zero-order valence-electron chi connectivity index (χ0n) is 22.3. The Labute approximate surface area is 205 Å². The number of hydrogen-bond donors (Lipinski definition) is 0. The van der Waals surface area contributed by atoms with E-state index in [9.17, 15) is 9.59 Å². The lowest BCUT2D eigenvalue weighted by Crippen LogP contribution is -2.60.